The molecule has 0 aliphatic carbocycles. The fourth-order valence-corrected chi connectivity index (χ4v) is 4.00. The van der Waals surface area contributed by atoms with E-state index in [1.165, 1.54) is 22.6 Å². The molecule has 0 fully saturated rings. The van der Waals surface area contributed by atoms with Crippen molar-refractivity contribution in [3.63, 3.8) is 0 Å². The van der Waals surface area contributed by atoms with Crippen LogP contribution in [0.25, 0.3) is 11.1 Å². The van der Waals surface area contributed by atoms with E-state index in [9.17, 15) is 18.0 Å². The number of hydrogen-bond acceptors (Lipinski definition) is 2. The van der Waals surface area contributed by atoms with Gasteiger partial charge in [-0.3, -0.25) is 4.90 Å². The maximum atomic E-state index is 12.8. The lowest BCUT2D eigenvalue weighted by Crippen LogP contribution is -2.40. The molecule has 1 heterocycles. The number of aryl methyl sites for hydroxylation is 1. The van der Waals surface area contributed by atoms with Gasteiger partial charge in [0.25, 0.3) is 0 Å². The van der Waals surface area contributed by atoms with Gasteiger partial charge < -0.3 is 10.1 Å². The Morgan fingerprint density at radius 2 is 1.59 bits per heavy atom. The minimum atomic E-state index is -4.37. The Bertz CT molecular complexity index is 1100. The molecule has 1 aliphatic heterocycles. The van der Waals surface area contributed by atoms with Gasteiger partial charge in [0.05, 0.1) is 11.3 Å². The van der Waals surface area contributed by atoms with Crippen LogP contribution in [0.5, 0.6) is 5.75 Å². The molecule has 3 aromatic rings. The Hall–Kier alpha value is -3.48. The van der Waals surface area contributed by atoms with Crippen LogP contribution in [0.3, 0.4) is 0 Å². The van der Waals surface area contributed by atoms with Crippen molar-refractivity contribution >= 4 is 11.7 Å². The molecule has 7 heteroatoms. The number of carbonyl (C=O) groups is 1. The van der Waals surface area contributed by atoms with Crippen molar-refractivity contribution < 1.29 is 22.7 Å². The van der Waals surface area contributed by atoms with E-state index in [0.717, 1.165) is 44.2 Å². The first-order chi connectivity index (χ1) is 16.4. The molecule has 1 N–H and O–H groups in total. The van der Waals surface area contributed by atoms with Crippen LogP contribution >= 0.6 is 0 Å². The highest BCUT2D eigenvalue weighted by Gasteiger charge is 2.30. The summed E-state index contributed by atoms with van der Waals surface area (Å²) >= 11 is 0. The molecule has 4 rings (SSSR count). The summed E-state index contributed by atoms with van der Waals surface area (Å²) in [5.41, 5.74) is 2.62. The predicted molar refractivity (Wildman–Crippen MR) is 127 cm³/mol. The highest BCUT2D eigenvalue weighted by molar-refractivity contribution is 5.95. The number of hydrogen-bond donors (Lipinski definition) is 1. The predicted octanol–water partition coefficient (Wildman–Crippen LogP) is 7.04. The van der Waals surface area contributed by atoms with Crippen molar-refractivity contribution in [3.8, 4) is 16.9 Å². The molecule has 0 atom stereocenters. The molecular weight excluding hydrogens is 441 g/mol. The summed E-state index contributed by atoms with van der Waals surface area (Å²) in [6, 6.07) is 20.4. The zero-order valence-corrected chi connectivity index (χ0v) is 18.8. The number of urea groups is 1. The van der Waals surface area contributed by atoms with Crippen molar-refractivity contribution in [2.24, 2.45) is 0 Å². The first-order valence-electron chi connectivity index (χ1n) is 11.5. The normalized spacial score (nSPS) is 12.9. The number of benzene rings is 3. The summed E-state index contributed by atoms with van der Waals surface area (Å²) in [5.74, 6) is 0.576. The third-order valence-corrected chi connectivity index (χ3v) is 5.90. The molecule has 0 saturated heterocycles. The number of halogens is 3. The molecule has 0 aromatic heterocycles. The van der Waals surface area contributed by atoms with Gasteiger partial charge in [-0.1, -0.05) is 61.4 Å². The van der Waals surface area contributed by atoms with Crippen LogP contribution < -0.4 is 15.0 Å². The monoisotopic (exact) mass is 468 g/mol. The average Bonchev–Trinajstić information content (AvgIpc) is 3.27. The van der Waals surface area contributed by atoms with E-state index in [-0.39, 0.29) is 12.8 Å². The number of carbonyl (C=O) groups excluding carboxylic acids is 1. The molecule has 0 radical (unpaired) electrons. The molecule has 1 aliphatic rings. The quantitative estimate of drug-likeness (QED) is 0.360. The Labute approximate surface area is 197 Å². The van der Waals surface area contributed by atoms with Crippen LogP contribution in [0.15, 0.2) is 72.8 Å². The summed E-state index contributed by atoms with van der Waals surface area (Å²) in [7, 11) is 0. The minimum absolute atomic E-state index is 0.106. The zero-order valence-electron chi connectivity index (χ0n) is 18.8. The molecule has 0 unspecified atom stereocenters. The van der Waals surface area contributed by atoms with E-state index in [0.29, 0.717) is 29.1 Å². The third kappa shape index (κ3) is 5.90. The number of nitrogens with zero attached hydrogens (tertiary/aromatic N) is 1. The van der Waals surface area contributed by atoms with E-state index >= 15 is 0 Å². The van der Waals surface area contributed by atoms with Gasteiger partial charge in [-0.05, 0) is 60.2 Å². The first-order valence-corrected chi connectivity index (χ1v) is 11.5. The zero-order chi connectivity index (χ0) is 24.0. The molecule has 0 saturated carbocycles. The summed E-state index contributed by atoms with van der Waals surface area (Å²) in [6.45, 7) is 0.684. The summed E-state index contributed by atoms with van der Waals surface area (Å²) in [6.07, 6.45) is 0.859. The number of alkyl halides is 3. The van der Waals surface area contributed by atoms with Crippen LogP contribution in [0.2, 0.25) is 0 Å². The van der Waals surface area contributed by atoms with Gasteiger partial charge in [-0.25, -0.2) is 4.79 Å². The lowest BCUT2D eigenvalue weighted by molar-refractivity contribution is -0.137. The molecular formula is C27H27F3N2O2. The van der Waals surface area contributed by atoms with Gasteiger partial charge in [0, 0.05) is 6.54 Å². The number of ether oxygens (including phenoxy) is 1. The fraction of sp³-hybridized carbons (Fsp3) is 0.296. The second-order valence-corrected chi connectivity index (χ2v) is 8.34. The van der Waals surface area contributed by atoms with Crippen molar-refractivity contribution in [3.05, 3.63) is 83.9 Å². The van der Waals surface area contributed by atoms with E-state index in [1.807, 2.05) is 6.07 Å². The number of nitrogens with one attached hydrogen (secondary N) is 1. The molecule has 2 amide bonds. The van der Waals surface area contributed by atoms with Crippen LogP contribution in [0.1, 0.15) is 36.8 Å². The molecule has 34 heavy (non-hydrogen) atoms. The second-order valence-electron chi connectivity index (χ2n) is 8.34. The summed E-state index contributed by atoms with van der Waals surface area (Å²) in [4.78, 5) is 14.2. The van der Waals surface area contributed by atoms with E-state index in [4.69, 9.17) is 4.74 Å². The lowest BCUT2D eigenvalue weighted by Gasteiger charge is -2.16. The number of rotatable bonds is 8. The van der Waals surface area contributed by atoms with Gasteiger partial charge in [-0.2, -0.15) is 13.2 Å². The smallest absolute Gasteiger partial charge is 0.416 e. The first kappa shape index (κ1) is 23.7. The number of anilines is 1. The molecule has 178 valence electrons. The molecule has 0 bridgehead atoms. The fourth-order valence-electron chi connectivity index (χ4n) is 4.00. The van der Waals surface area contributed by atoms with E-state index in [2.05, 4.69) is 29.6 Å². The summed E-state index contributed by atoms with van der Waals surface area (Å²) in [5, 5.41) is 2.94. The molecule has 0 spiro atoms. The van der Waals surface area contributed by atoms with Crippen molar-refractivity contribution in [1.82, 2.24) is 5.32 Å². The van der Waals surface area contributed by atoms with Gasteiger partial charge in [0.15, 0.2) is 6.73 Å². The number of fused-ring (bicyclic) bond motifs is 1. The van der Waals surface area contributed by atoms with E-state index in [1.54, 1.807) is 18.2 Å². The Balaban J connectivity index is 1.27. The van der Waals surface area contributed by atoms with Gasteiger partial charge in [0.2, 0.25) is 0 Å². The minimum Gasteiger partial charge on any atom is -0.470 e. The standard InChI is InChI=1S/C27H27F3N2O2/c28-27(29,30)23-14-11-21(12-15-23)22-13-16-25-24(18-22)32(19-34-25)26(33)31-17-7-2-1-4-8-20-9-5-3-6-10-20/h3,5-6,9-16,18H,1-2,4,7-8,17,19H2,(H,31,33). The average molecular weight is 469 g/mol. The van der Waals surface area contributed by atoms with Crippen LogP contribution in [0.4, 0.5) is 23.7 Å². The Kier molecular flexibility index (Phi) is 7.40. The van der Waals surface area contributed by atoms with Crippen LogP contribution in [-0.4, -0.2) is 19.3 Å². The Morgan fingerprint density at radius 3 is 2.32 bits per heavy atom. The van der Waals surface area contributed by atoms with Crippen molar-refractivity contribution in [1.29, 1.82) is 0 Å². The Morgan fingerprint density at radius 1 is 0.882 bits per heavy atom. The van der Waals surface area contributed by atoms with Gasteiger partial charge in [-0.15, -0.1) is 0 Å². The maximum Gasteiger partial charge on any atom is 0.416 e. The van der Waals surface area contributed by atoms with Gasteiger partial charge >= 0.3 is 12.2 Å². The van der Waals surface area contributed by atoms with Crippen molar-refractivity contribution in [2.45, 2.75) is 38.3 Å². The SMILES string of the molecule is O=C(NCCCCCCc1ccccc1)N1COc2ccc(-c3ccc(C(F)(F)F)cc3)cc21. The van der Waals surface area contributed by atoms with Crippen molar-refractivity contribution in [2.75, 3.05) is 18.2 Å². The highest BCUT2D eigenvalue weighted by Crippen LogP contribution is 2.38. The topological polar surface area (TPSA) is 41.6 Å². The number of unbranched alkanes of at least 4 members (excludes halogenated alkanes) is 3. The second kappa shape index (κ2) is 10.6. The largest absolute Gasteiger partial charge is 0.470 e. The third-order valence-electron chi connectivity index (χ3n) is 5.90. The van der Waals surface area contributed by atoms with E-state index < -0.39 is 11.7 Å². The summed E-state index contributed by atoms with van der Waals surface area (Å²) < 4.78 is 44.1. The molecule has 4 nitrogen and oxygen atoms in total. The highest BCUT2D eigenvalue weighted by atomic mass is 19.4. The van der Waals surface area contributed by atoms with Gasteiger partial charge in [0.1, 0.15) is 5.75 Å². The van der Waals surface area contributed by atoms with Crippen LogP contribution in [0, 0.1) is 0 Å². The lowest BCUT2D eigenvalue weighted by atomic mass is 10.0. The van der Waals surface area contributed by atoms with Crippen LogP contribution in [-0.2, 0) is 12.6 Å². The number of amides is 2. The molecule has 3 aromatic carbocycles. The maximum absolute atomic E-state index is 12.8.